The van der Waals surface area contributed by atoms with Crippen molar-refractivity contribution in [1.29, 1.82) is 0 Å². The number of hydrogen-bond donors (Lipinski definition) is 6. The first-order valence-corrected chi connectivity index (χ1v) is 10.7. The van der Waals surface area contributed by atoms with Gasteiger partial charge < -0.3 is 36.6 Å². The molecule has 1 aliphatic rings. The van der Waals surface area contributed by atoms with Crippen molar-refractivity contribution >= 4 is 35.6 Å². The molecule has 1 heterocycles. The molecule has 7 N–H and O–H groups in total. The number of nitrogens with two attached hydrogens (primary N) is 1. The molecule has 186 valence electrons. The second-order valence-corrected chi connectivity index (χ2v) is 8.42. The topological polar surface area (TPSA) is 216 Å². The van der Waals surface area contributed by atoms with E-state index >= 15 is 0 Å². The molecule has 33 heavy (non-hydrogen) atoms. The molecule has 13 nitrogen and oxygen atoms in total. The molecule has 0 aromatic carbocycles. The van der Waals surface area contributed by atoms with Crippen LogP contribution in [0.4, 0.5) is 0 Å². The number of carboxylic acid groups (broad SMARTS) is 3. The minimum atomic E-state index is -1.34. The Morgan fingerprint density at radius 3 is 2.15 bits per heavy atom. The van der Waals surface area contributed by atoms with E-state index in [-0.39, 0.29) is 31.7 Å². The van der Waals surface area contributed by atoms with Gasteiger partial charge in [0.25, 0.3) is 0 Å². The van der Waals surface area contributed by atoms with Crippen LogP contribution in [0.3, 0.4) is 0 Å². The Kier molecular flexibility index (Phi) is 10.7. The number of rotatable bonds is 13. The third kappa shape index (κ3) is 9.04. The molecule has 0 spiro atoms. The summed E-state index contributed by atoms with van der Waals surface area (Å²) in [6.45, 7) is 3.71. The van der Waals surface area contributed by atoms with Crippen molar-refractivity contribution in [3.05, 3.63) is 0 Å². The van der Waals surface area contributed by atoms with Crippen molar-refractivity contribution in [2.75, 3.05) is 6.54 Å². The Morgan fingerprint density at radius 1 is 1.00 bits per heavy atom. The van der Waals surface area contributed by atoms with Gasteiger partial charge in [-0.25, -0.2) is 4.79 Å². The molecule has 0 saturated carbocycles. The van der Waals surface area contributed by atoms with E-state index < -0.39 is 72.6 Å². The molecule has 4 atom stereocenters. The monoisotopic (exact) mass is 472 g/mol. The number of likely N-dealkylation sites (tertiary alicyclic amines) is 1. The summed E-state index contributed by atoms with van der Waals surface area (Å²) in [6, 6.07) is -4.91. The Bertz CT molecular complexity index is 771. The van der Waals surface area contributed by atoms with Gasteiger partial charge in [-0.3, -0.25) is 24.0 Å². The molecule has 0 unspecified atom stereocenters. The summed E-state index contributed by atoms with van der Waals surface area (Å²) < 4.78 is 0. The summed E-state index contributed by atoms with van der Waals surface area (Å²) >= 11 is 0. The minimum absolute atomic E-state index is 0.0495. The van der Waals surface area contributed by atoms with Gasteiger partial charge in [-0.2, -0.15) is 0 Å². The van der Waals surface area contributed by atoms with Crippen LogP contribution in [0.25, 0.3) is 0 Å². The first-order chi connectivity index (χ1) is 15.3. The van der Waals surface area contributed by atoms with Gasteiger partial charge in [0.1, 0.15) is 18.1 Å². The lowest BCUT2D eigenvalue weighted by atomic mass is 10.0. The van der Waals surface area contributed by atoms with E-state index in [2.05, 4.69) is 10.6 Å². The average molecular weight is 472 g/mol. The van der Waals surface area contributed by atoms with Gasteiger partial charge in [0.15, 0.2) is 0 Å². The number of amides is 3. The number of carbonyl (C=O) groups is 6. The van der Waals surface area contributed by atoms with Gasteiger partial charge in [0, 0.05) is 13.0 Å². The van der Waals surface area contributed by atoms with Crippen LogP contribution in [-0.4, -0.2) is 86.6 Å². The van der Waals surface area contributed by atoms with Gasteiger partial charge in [0.2, 0.25) is 17.7 Å². The number of carboxylic acids is 3. The Morgan fingerprint density at radius 2 is 1.64 bits per heavy atom. The van der Waals surface area contributed by atoms with Crippen molar-refractivity contribution in [3.63, 3.8) is 0 Å². The zero-order chi connectivity index (χ0) is 25.3. The molecule has 0 aromatic rings. The van der Waals surface area contributed by atoms with Gasteiger partial charge in [-0.1, -0.05) is 13.8 Å². The lowest BCUT2D eigenvalue weighted by Gasteiger charge is -2.28. The summed E-state index contributed by atoms with van der Waals surface area (Å²) in [6.07, 6.45) is -0.537. The molecule has 1 saturated heterocycles. The summed E-state index contributed by atoms with van der Waals surface area (Å²) in [5.74, 6) is -6.09. The van der Waals surface area contributed by atoms with Crippen LogP contribution in [0, 0.1) is 5.92 Å². The summed E-state index contributed by atoms with van der Waals surface area (Å²) in [7, 11) is 0. The number of nitrogens with zero attached hydrogens (tertiary/aromatic N) is 1. The maximum atomic E-state index is 12.9. The molecule has 0 radical (unpaired) electrons. The first kappa shape index (κ1) is 27.8. The van der Waals surface area contributed by atoms with E-state index in [1.807, 2.05) is 0 Å². The minimum Gasteiger partial charge on any atom is -0.481 e. The van der Waals surface area contributed by atoms with E-state index in [0.717, 1.165) is 4.90 Å². The fraction of sp³-hybridized carbons (Fsp3) is 0.700. The Hall–Kier alpha value is -3.22. The molecule has 1 rings (SSSR count). The summed E-state index contributed by atoms with van der Waals surface area (Å²) in [5, 5.41) is 31.9. The second kappa shape index (κ2) is 12.7. The first-order valence-electron chi connectivity index (χ1n) is 10.7. The second-order valence-electron chi connectivity index (χ2n) is 8.42. The summed E-state index contributed by atoms with van der Waals surface area (Å²) in [4.78, 5) is 72.5. The highest BCUT2D eigenvalue weighted by atomic mass is 16.4. The predicted octanol–water partition coefficient (Wildman–Crippen LogP) is -1.26. The van der Waals surface area contributed by atoms with Crippen LogP contribution in [-0.2, 0) is 28.8 Å². The van der Waals surface area contributed by atoms with Crippen LogP contribution < -0.4 is 16.4 Å². The molecule has 3 amide bonds. The van der Waals surface area contributed by atoms with E-state index in [0.29, 0.717) is 6.42 Å². The van der Waals surface area contributed by atoms with Crippen molar-refractivity contribution in [2.45, 2.75) is 76.5 Å². The van der Waals surface area contributed by atoms with Crippen LogP contribution in [0.15, 0.2) is 0 Å². The number of nitrogens with one attached hydrogen (secondary N) is 2. The maximum absolute atomic E-state index is 12.9. The van der Waals surface area contributed by atoms with Gasteiger partial charge >= 0.3 is 17.9 Å². The highest BCUT2D eigenvalue weighted by Crippen LogP contribution is 2.19. The SMILES string of the molecule is CC(C)C[C@H](NC(=O)[C@H](CCC(=O)O)NC(=O)[C@@H]1CCCN1C(=O)[C@@H](N)CC(=O)O)C(=O)O. The molecule has 0 aromatic heterocycles. The number of hydrogen-bond acceptors (Lipinski definition) is 7. The fourth-order valence-electron chi connectivity index (χ4n) is 3.56. The van der Waals surface area contributed by atoms with Gasteiger partial charge in [-0.15, -0.1) is 0 Å². The van der Waals surface area contributed by atoms with Gasteiger partial charge in [-0.05, 0) is 31.6 Å². The quantitative estimate of drug-likeness (QED) is 0.187. The highest BCUT2D eigenvalue weighted by Gasteiger charge is 2.38. The van der Waals surface area contributed by atoms with E-state index in [4.69, 9.17) is 15.9 Å². The molecular weight excluding hydrogens is 440 g/mol. The molecule has 0 aliphatic carbocycles. The van der Waals surface area contributed by atoms with Crippen molar-refractivity contribution in [2.24, 2.45) is 11.7 Å². The fourth-order valence-corrected chi connectivity index (χ4v) is 3.56. The Balaban J connectivity index is 2.95. The predicted molar refractivity (Wildman–Crippen MR) is 113 cm³/mol. The van der Waals surface area contributed by atoms with Gasteiger partial charge in [0.05, 0.1) is 12.5 Å². The normalized spacial score (nSPS) is 18.3. The Labute approximate surface area is 190 Å². The molecule has 1 aliphatic heterocycles. The number of carbonyl (C=O) groups excluding carboxylic acids is 3. The van der Waals surface area contributed by atoms with Crippen molar-refractivity contribution < 1.29 is 44.1 Å². The van der Waals surface area contributed by atoms with E-state index in [1.54, 1.807) is 13.8 Å². The zero-order valence-corrected chi connectivity index (χ0v) is 18.7. The highest BCUT2D eigenvalue weighted by molar-refractivity contribution is 5.95. The number of aliphatic carboxylic acids is 3. The average Bonchev–Trinajstić information content (AvgIpc) is 3.18. The third-order valence-electron chi connectivity index (χ3n) is 5.15. The van der Waals surface area contributed by atoms with Crippen LogP contribution in [0.1, 0.15) is 52.4 Å². The molecule has 1 fully saturated rings. The van der Waals surface area contributed by atoms with Crippen molar-refractivity contribution in [1.82, 2.24) is 15.5 Å². The smallest absolute Gasteiger partial charge is 0.326 e. The van der Waals surface area contributed by atoms with Crippen LogP contribution in [0.5, 0.6) is 0 Å². The van der Waals surface area contributed by atoms with Crippen LogP contribution in [0.2, 0.25) is 0 Å². The lowest BCUT2D eigenvalue weighted by molar-refractivity contribution is -0.145. The van der Waals surface area contributed by atoms with E-state index in [1.165, 1.54) is 0 Å². The third-order valence-corrected chi connectivity index (χ3v) is 5.15. The van der Waals surface area contributed by atoms with E-state index in [9.17, 15) is 33.9 Å². The molecular formula is C20H32N4O9. The summed E-state index contributed by atoms with van der Waals surface area (Å²) in [5.41, 5.74) is 5.62. The van der Waals surface area contributed by atoms with Crippen LogP contribution >= 0.6 is 0 Å². The van der Waals surface area contributed by atoms with Crippen molar-refractivity contribution in [3.8, 4) is 0 Å². The maximum Gasteiger partial charge on any atom is 0.326 e. The zero-order valence-electron chi connectivity index (χ0n) is 18.7. The molecule has 0 bridgehead atoms. The molecule has 13 heteroatoms. The lowest BCUT2D eigenvalue weighted by Crippen LogP contribution is -2.56. The largest absolute Gasteiger partial charge is 0.481 e. The standard InChI is InChI=1S/C20H32N4O9/c1-10(2)8-13(20(32)33)23-17(29)12(5-6-15(25)26)22-18(30)14-4-3-7-24(14)19(31)11(21)9-16(27)28/h10-14H,3-9,21H2,1-2H3,(H,22,30)(H,23,29)(H,25,26)(H,27,28)(H,32,33)/t11-,12-,13-,14-/m0/s1.